The maximum Gasteiger partial charge on any atom is 0.317 e. The van der Waals surface area contributed by atoms with Crippen molar-refractivity contribution in [2.45, 2.75) is 32.2 Å². The van der Waals surface area contributed by atoms with Gasteiger partial charge in [-0.1, -0.05) is 6.07 Å². The fourth-order valence-electron chi connectivity index (χ4n) is 2.42. The highest BCUT2D eigenvalue weighted by Gasteiger charge is 2.20. The van der Waals surface area contributed by atoms with Crippen LogP contribution < -0.4 is 5.32 Å². The lowest BCUT2D eigenvalue weighted by atomic mass is 10.2. The van der Waals surface area contributed by atoms with Gasteiger partial charge in [0.05, 0.1) is 6.04 Å². The van der Waals surface area contributed by atoms with Crippen LogP contribution in [0.25, 0.3) is 0 Å². The highest BCUT2D eigenvalue weighted by atomic mass is 32.1. The lowest BCUT2D eigenvalue weighted by Crippen LogP contribution is -2.40. The Bertz CT molecular complexity index is 469. The average Bonchev–Trinajstić information content (AvgIpc) is 3.17. The number of thiophene rings is 1. The van der Waals surface area contributed by atoms with E-state index >= 15 is 0 Å². The van der Waals surface area contributed by atoms with Crippen LogP contribution in [-0.2, 0) is 4.79 Å². The van der Waals surface area contributed by atoms with E-state index in [1.807, 2.05) is 29.3 Å². The van der Waals surface area contributed by atoms with Gasteiger partial charge in [0.25, 0.3) is 0 Å². The van der Waals surface area contributed by atoms with E-state index in [1.54, 1.807) is 23.3 Å². The Morgan fingerprint density at radius 1 is 1.43 bits per heavy atom. The second kappa shape index (κ2) is 7.45. The van der Waals surface area contributed by atoms with Crippen LogP contribution in [-0.4, -0.2) is 48.4 Å². The number of hydrogen-bond acceptors (Lipinski definition) is 3. The standard InChI is InChI=1S/C15H23N3O2S/c1-12(13-6-5-11-21-13)17(2)15(20)16-8-7-14(19)18-9-3-4-10-18/h5-6,11-12H,3-4,7-10H2,1-2H3,(H,16,20). The minimum absolute atomic E-state index is 0.0410. The van der Waals surface area contributed by atoms with Crippen molar-refractivity contribution in [1.29, 1.82) is 0 Å². The smallest absolute Gasteiger partial charge is 0.317 e. The van der Waals surface area contributed by atoms with Crippen molar-refractivity contribution < 1.29 is 9.59 Å². The Morgan fingerprint density at radius 2 is 2.14 bits per heavy atom. The fourth-order valence-corrected chi connectivity index (χ4v) is 3.25. The molecular formula is C15H23N3O2S. The van der Waals surface area contributed by atoms with Crippen molar-refractivity contribution in [1.82, 2.24) is 15.1 Å². The van der Waals surface area contributed by atoms with E-state index in [4.69, 9.17) is 0 Å². The Kier molecular flexibility index (Phi) is 5.61. The molecule has 0 spiro atoms. The van der Waals surface area contributed by atoms with Gasteiger partial charge >= 0.3 is 6.03 Å². The molecule has 21 heavy (non-hydrogen) atoms. The molecule has 0 bridgehead atoms. The number of likely N-dealkylation sites (tertiary alicyclic amines) is 1. The molecule has 1 aromatic rings. The number of amides is 3. The lowest BCUT2D eigenvalue weighted by Gasteiger charge is -2.24. The molecule has 1 saturated heterocycles. The van der Waals surface area contributed by atoms with Crippen LogP contribution >= 0.6 is 11.3 Å². The van der Waals surface area contributed by atoms with Gasteiger partial charge in [0, 0.05) is 38.0 Å². The van der Waals surface area contributed by atoms with Crippen LogP contribution in [0.1, 0.15) is 37.1 Å². The third-order valence-corrected chi connectivity index (χ3v) is 4.97. The summed E-state index contributed by atoms with van der Waals surface area (Å²) in [6, 6.07) is 3.91. The number of nitrogens with zero attached hydrogens (tertiary/aromatic N) is 2. The summed E-state index contributed by atoms with van der Waals surface area (Å²) in [5.74, 6) is 0.141. The summed E-state index contributed by atoms with van der Waals surface area (Å²) in [7, 11) is 1.78. The van der Waals surface area contributed by atoms with Crippen molar-refractivity contribution in [2.75, 3.05) is 26.7 Å². The van der Waals surface area contributed by atoms with Crippen molar-refractivity contribution in [3.8, 4) is 0 Å². The second-order valence-electron chi connectivity index (χ2n) is 5.37. The Morgan fingerprint density at radius 3 is 2.76 bits per heavy atom. The van der Waals surface area contributed by atoms with Crippen LogP contribution in [0.3, 0.4) is 0 Å². The summed E-state index contributed by atoms with van der Waals surface area (Å²) >= 11 is 1.64. The number of hydrogen-bond donors (Lipinski definition) is 1. The van der Waals surface area contributed by atoms with E-state index in [2.05, 4.69) is 5.32 Å². The predicted molar refractivity (Wildman–Crippen MR) is 84.3 cm³/mol. The van der Waals surface area contributed by atoms with Crippen LogP contribution in [0.5, 0.6) is 0 Å². The SMILES string of the molecule is CC(c1cccs1)N(C)C(=O)NCCC(=O)N1CCCC1. The first-order valence-corrected chi connectivity index (χ1v) is 8.29. The van der Waals surface area contributed by atoms with E-state index < -0.39 is 0 Å². The van der Waals surface area contributed by atoms with Gasteiger partial charge < -0.3 is 15.1 Å². The minimum atomic E-state index is -0.134. The molecular weight excluding hydrogens is 286 g/mol. The summed E-state index contributed by atoms with van der Waals surface area (Å²) in [4.78, 5) is 28.7. The molecule has 1 aromatic heterocycles. The maximum atomic E-state index is 12.1. The molecule has 116 valence electrons. The molecule has 1 unspecified atom stereocenters. The van der Waals surface area contributed by atoms with Gasteiger partial charge in [-0.2, -0.15) is 0 Å². The van der Waals surface area contributed by atoms with Gasteiger partial charge in [-0.05, 0) is 31.2 Å². The summed E-state index contributed by atoms with van der Waals surface area (Å²) in [5.41, 5.74) is 0. The largest absolute Gasteiger partial charge is 0.343 e. The van der Waals surface area contributed by atoms with Gasteiger partial charge in [0.1, 0.15) is 0 Å². The molecule has 0 aliphatic carbocycles. The second-order valence-corrected chi connectivity index (χ2v) is 6.35. The molecule has 3 amide bonds. The Hall–Kier alpha value is -1.56. The summed E-state index contributed by atoms with van der Waals surface area (Å²) < 4.78 is 0. The van der Waals surface area contributed by atoms with Crippen LogP contribution in [0.2, 0.25) is 0 Å². The molecule has 1 N–H and O–H groups in total. The molecule has 1 aliphatic heterocycles. The maximum absolute atomic E-state index is 12.1. The summed E-state index contributed by atoms with van der Waals surface area (Å²) in [5, 5.41) is 4.83. The molecule has 2 rings (SSSR count). The first-order valence-electron chi connectivity index (χ1n) is 7.41. The minimum Gasteiger partial charge on any atom is -0.343 e. The normalized spacial score (nSPS) is 15.8. The lowest BCUT2D eigenvalue weighted by molar-refractivity contribution is -0.129. The third-order valence-electron chi connectivity index (χ3n) is 3.93. The fraction of sp³-hybridized carbons (Fsp3) is 0.600. The summed E-state index contributed by atoms with van der Waals surface area (Å²) in [6.07, 6.45) is 2.57. The van der Waals surface area contributed by atoms with E-state index in [0.29, 0.717) is 13.0 Å². The van der Waals surface area contributed by atoms with Crippen molar-refractivity contribution in [3.63, 3.8) is 0 Å². The number of urea groups is 1. The molecule has 0 saturated carbocycles. The number of nitrogens with one attached hydrogen (secondary N) is 1. The molecule has 0 aromatic carbocycles. The van der Waals surface area contributed by atoms with Gasteiger partial charge in [-0.3, -0.25) is 4.79 Å². The van der Waals surface area contributed by atoms with E-state index in [9.17, 15) is 9.59 Å². The van der Waals surface area contributed by atoms with Crippen LogP contribution in [0, 0.1) is 0 Å². The zero-order valence-corrected chi connectivity index (χ0v) is 13.5. The number of rotatable bonds is 5. The topological polar surface area (TPSA) is 52.7 Å². The van der Waals surface area contributed by atoms with E-state index in [1.165, 1.54) is 0 Å². The predicted octanol–water partition coefficient (Wildman–Crippen LogP) is 2.46. The van der Waals surface area contributed by atoms with E-state index in [0.717, 1.165) is 30.8 Å². The molecule has 1 fully saturated rings. The quantitative estimate of drug-likeness (QED) is 0.908. The van der Waals surface area contributed by atoms with Gasteiger partial charge in [-0.15, -0.1) is 11.3 Å². The van der Waals surface area contributed by atoms with Crippen molar-refractivity contribution in [3.05, 3.63) is 22.4 Å². The third kappa shape index (κ3) is 4.20. The van der Waals surface area contributed by atoms with Crippen LogP contribution in [0.15, 0.2) is 17.5 Å². The first-order chi connectivity index (χ1) is 10.1. The van der Waals surface area contributed by atoms with Gasteiger partial charge in [-0.25, -0.2) is 4.79 Å². The van der Waals surface area contributed by atoms with Gasteiger partial charge in [0.15, 0.2) is 0 Å². The monoisotopic (exact) mass is 309 g/mol. The summed E-state index contributed by atoms with van der Waals surface area (Å²) in [6.45, 7) is 4.13. The molecule has 1 aliphatic rings. The van der Waals surface area contributed by atoms with E-state index in [-0.39, 0.29) is 18.0 Å². The first kappa shape index (κ1) is 15.8. The number of carbonyl (C=O) groups is 2. The zero-order chi connectivity index (χ0) is 15.2. The average molecular weight is 309 g/mol. The molecule has 0 radical (unpaired) electrons. The highest BCUT2D eigenvalue weighted by Crippen LogP contribution is 2.23. The molecule has 6 heteroatoms. The molecule has 2 heterocycles. The zero-order valence-electron chi connectivity index (χ0n) is 12.7. The van der Waals surface area contributed by atoms with Crippen LogP contribution in [0.4, 0.5) is 4.79 Å². The molecule has 1 atom stereocenters. The van der Waals surface area contributed by atoms with Crippen molar-refractivity contribution in [2.24, 2.45) is 0 Å². The number of carbonyl (C=O) groups excluding carboxylic acids is 2. The Labute approximate surface area is 129 Å². The highest BCUT2D eigenvalue weighted by molar-refractivity contribution is 7.10. The van der Waals surface area contributed by atoms with Gasteiger partial charge in [0.2, 0.25) is 5.91 Å². The molecule has 5 nitrogen and oxygen atoms in total. The van der Waals surface area contributed by atoms with Crippen molar-refractivity contribution >= 4 is 23.3 Å². The Balaban J connectivity index is 1.72.